The van der Waals surface area contributed by atoms with Crippen LogP contribution in [0.3, 0.4) is 0 Å². The van der Waals surface area contributed by atoms with Crippen molar-refractivity contribution in [2.45, 2.75) is 58.4 Å². The molecule has 1 N–H and O–H groups in total. The first-order valence-corrected chi connectivity index (χ1v) is 10.4. The van der Waals surface area contributed by atoms with E-state index in [2.05, 4.69) is 10.2 Å². The second-order valence-corrected chi connectivity index (χ2v) is 8.29. The molecule has 3 rings (SSSR count). The molecule has 1 aliphatic carbocycles. The standard InChI is InChI=1S/C22H32N2O4/c1-15(2)14-28-22(26)23-17-10-11-18(20(13-17)27-3)21(25)24-12-6-8-16-7-4-5-9-19(16)24/h10-11,13,15-16,19H,4-9,12,14H2,1-3H3,(H,23,26)/t16-,19?/m0/s1. The molecule has 1 unspecified atom stereocenters. The Morgan fingerprint density at radius 1 is 1.18 bits per heavy atom. The van der Waals surface area contributed by atoms with Crippen molar-refractivity contribution in [1.82, 2.24) is 4.90 Å². The Balaban J connectivity index is 1.72. The van der Waals surface area contributed by atoms with Gasteiger partial charge in [-0.25, -0.2) is 4.79 Å². The summed E-state index contributed by atoms with van der Waals surface area (Å²) in [7, 11) is 1.55. The third-order valence-corrected chi connectivity index (χ3v) is 5.73. The number of nitrogens with zero attached hydrogens (tertiary/aromatic N) is 1. The summed E-state index contributed by atoms with van der Waals surface area (Å²) >= 11 is 0. The van der Waals surface area contributed by atoms with Gasteiger partial charge < -0.3 is 14.4 Å². The summed E-state index contributed by atoms with van der Waals surface area (Å²) in [4.78, 5) is 27.2. The number of carbonyl (C=O) groups excluding carboxylic acids is 2. The maximum atomic E-state index is 13.3. The molecule has 1 aliphatic heterocycles. The number of piperidine rings is 1. The molecule has 2 atom stereocenters. The summed E-state index contributed by atoms with van der Waals surface area (Å²) in [6, 6.07) is 5.51. The lowest BCUT2D eigenvalue weighted by Crippen LogP contribution is -2.49. The number of fused-ring (bicyclic) bond motifs is 1. The molecule has 2 aliphatic rings. The van der Waals surface area contributed by atoms with Crippen molar-refractivity contribution in [2.75, 3.05) is 25.6 Å². The molecule has 2 fully saturated rings. The van der Waals surface area contributed by atoms with E-state index in [-0.39, 0.29) is 11.8 Å². The van der Waals surface area contributed by atoms with Gasteiger partial charge in [0.1, 0.15) is 5.75 Å². The molecular formula is C22H32N2O4. The second kappa shape index (κ2) is 9.30. The number of amides is 2. The lowest BCUT2D eigenvalue weighted by atomic mass is 9.78. The van der Waals surface area contributed by atoms with E-state index in [9.17, 15) is 9.59 Å². The molecule has 1 aromatic rings. The van der Waals surface area contributed by atoms with E-state index < -0.39 is 6.09 Å². The van der Waals surface area contributed by atoms with Gasteiger partial charge in [0.05, 0.1) is 19.3 Å². The lowest BCUT2D eigenvalue weighted by Gasteiger charge is -2.44. The van der Waals surface area contributed by atoms with Crippen molar-refractivity contribution in [3.8, 4) is 5.75 Å². The summed E-state index contributed by atoms with van der Waals surface area (Å²) in [5.74, 6) is 1.41. The van der Waals surface area contributed by atoms with Crippen molar-refractivity contribution >= 4 is 17.7 Å². The first-order valence-electron chi connectivity index (χ1n) is 10.4. The minimum atomic E-state index is -0.504. The van der Waals surface area contributed by atoms with Crippen molar-refractivity contribution in [3.63, 3.8) is 0 Å². The quantitative estimate of drug-likeness (QED) is 0.794. The number of hydrogen-bond acceptors (Lipinski definition) is 4. The van der Waals surface area contributed by atoms with Gasteiger partial charge in [-0.1, -0.05) is 26.7 Å². The average Bonchev–Trinajstić information content (AvgIpc) is 2.71. The highest BCUT2D eigenvalue weighted by atomic mass is 16.5. The third-order valence-electron chi connectivity index (χ3n) is 5.73. The van der Waals surface area contributed by atoms with Crippen LogP contribution in [0.4, 0.5) is 10.5 Å². The van der Waals surface area contributed by atoms with Crippen LogP contribution in [0, 0.1) is 11.8 Å². The topological polar surface area (TPSA) is 67.9 Å². The Bertz CT molecular complexity index is 702. The number of rotatable bonds is 5. The smallest absolute Gasteiger partial charge is 0.411 e. The molecule has 0 spiro atoms. The Kier molecular flexibility index (Phi) is 6.81. The predicted octanol–water partition coefficient (Wildman–Crippen LogP) is 4.69. The van der Waals surface area contributed by atoms with Gasteiger partial charge in [0.2, 0.25) is 0 Å². The zero-order valence-corrected chi connectivity index (χ0v) is 17.2. The molecule has 6 nitrogen and oxygen atoms in total. The number of ether oxygens (including phenoxy) is 2. The maximum Gasteiger partial charge on any atom is 0.411 e. The molecule has 1 heterocycles. The SMILES string of the molecule is COc1cc(NC(=O)OCC(C)C)ccc1C(=O)N1CCC[C@@H]2CCCCC21. The monoisotopic (exact) mass is 388 g/mol. The van der Waals surface area contributed by atoms with Gasteiger partial charge in [0, 0.05) is 24.3 Å². The van der Waals surface area contributed by atoms with Gasteiger partial charge >= 0.3 is 6.09 Å². The van der Waals surface area contributed by atoms with E-state index in [0.29, 0.717) is 35.6 Å². The number of hydrogen-bond donors (Lipinski definition) is 1. The fraction of sp³-hybridized carbons (Fsp3) is 0.636. The van der Waals surface area contributed by atoms with Crippen LogP contribution in [0.25, 0.3) is 0 Å². The summed E-state index contributed by atoms with van der Waals surface area (Å²) in [5.41, 5.74) is 1.10. The largest absolute Gasteiger partial charge is 0.496 e. The van der Waals surface area contributed by atoms with Crippen LogP contribution in [-0.4, -0.2) is 43.2 Å². The zero-order chi connectivity index (χ0) is 20.1. The first-order chi connectivity index (χ1) is 13.5. The number of anilines is 1. The van der Waals surface area contributed by atoms with E-state index in [1.165, 1.54) is 25.7 Å². The molecular weight excluding hydrogens is 356 g/mol. The van der Waals surface area contributed by atoms with Crippen molar-refractivity contribution < 1.29 is 19.1 Å². The normalized spacial score (nSPS) is 21.8. The van der Waals surface area contributed by atoms with Crippen molar-refractivity contribution in [2.24, 2.45) is 11.8 Å². The van der Waals surface area contributed by atoms with Gasteiger partial charge in [-0.15, -0.1) is 0 Å². The van der Waals surface area contributed by atoms with Crippen LogP contribution in [-0.2, 0) is 4.74 Å². The highest BCUT2D eigenvalue weighted by Gasteiger charge is 2.36. The average molecular weight is 389 g/mol. The van der Waals surface area contributed by atoms with Crippen LogP contribution in [0.2, 0.25) is 0 Å². The minimum absolute atomic E-state index is 0.0300. The lowest BCUT2D eigenvalue weighted by molar-refractivity contribution is 0.0388. The number of benzene rings is 1. The fourth-order valence-corrected chi connectivity index (χ4v) is 4.37. The second-order valence-electron chi connectivity index (χ2n) is 8.29. The minimum Gasteiger partial charge on any atom is -0.496 e. The summed E-state index contributed by atoms with van der Waals surface area (Å²) in [5, 5.41) is 2.70. The number of carbonyl (C=O) groups is 2. The summed E-state index contributed by atoms with van der Waals surface area (Å²) in [6.07, 6.45) is 6.59. The third kappa shape index (κ3) is 4.78. The predicted molar refractivity (Wildman–Crippen MR) is 109 cm³/mol. The highest BCUT2D eigenvalue weighted by Crippen LogP contribution is 2.37. The Morgan fingerprint density at radius 2 is 1.93 bits per heavy atom. The van der Waals surface area contributed by atoms with E-state index in [1.807, 2.05) is 13.8 Å². The summed E-state index contributed by atoms with van der Waals surface area (Å²) in [6.45, 7) is 5.13. The summed E-state index contributed by atoms with van der Waals surface area (Å²) < 4.78 is 10.6. The Hall–Kier alpha value is -2.24. The molecule has 0 bridgehead atoms. The molecule has 2 amide bonds. The Labute approximate surface area is 167 Å². The maximum absolute atomic E-state index is 13.3. The van der Waals surface area contributed by atoms with Crippen LogP contribution in [0.1, 0.15) is 62.7 Å². The molecule has 154 valence electrons. The van der Waals surface area contributed by atoms with Gasteiger partial charge in [0.15, 0.2) is 0 Å². The molecule has 1 saturated heterocycles. The number of methoxy groups -OCH3 is 1. The molecule has 6 heteroatoms. The van der Waals surface area contributed by atoms with Crippen LogP contribution in [0.15, 0.2) is 18.2 Å². The van der Waals surface area contributed by atoms with E-state index in [0.717, 1.165) is 19.4 Å². The van der Waals surface area contributed by atoms with Gasteiger partial charge in [0.25, 0.3) is 5.91 Å². The van der Waals surface area contributed by atoms with E-state index in [4.69, 9.17) is 9.47 Å². The first kappa shape index (κ1) is 20.5. The van der Waals surface area contributed by atoms with Gasteiger partial charge in [-0.05, 0) is 49.7 Å². The van der Waals surface area contributed by atoms with Crippen LogP contribution >= 0.6 is 0 Å². The number of likely N-dealkylation sites (tertiary alicyclic amines) is 1. The molecule has 1 aromatic carbocycles. The molecule has 1 saturated carbocycles. The van der Waals surface area contributed by atoms with Crippen LogP contribution < -0.4 is 10.1 Å². The van der Waals surface area contributed by atoms with Gasteiger partial charge in [-0.2, -0.15) is 0 Å². The van der Waals surface area contributed by atoms with E-state index in [1.54, 1.807) is 25.3 Å². The fourth-order valence-electron chi connectivity index (χ4n) is 4.37. The van der Waals surface area contributed by atoms with Crippen molar-refractivity contribution in [3.05, 3.63) is 23.8 Å². The van der Waals surface area contributed by atoms with Crippen molar-refractivity contribution in [1.29, 1.82) is 0 Å². The molecule has 0 aromatic heterocycles. The zero-order valence-electron chi connectivity index (χ0n) is 17.2. The van der Waals surface area contributed by atoms with E-state index >= 15 is 0 Å². The number of nitrogens with one attached hydrogen (secondary N) is 1. The highest BCUT2D eigenvalue weighted by molar-refractivity contribution is 5.98. The Morgan fingerprint density at radius 3 is 2.68 bits per heavy atom. The molecule has 28 heavy (non-hydrogen) atoms. The van der Waals surface area contributed by atoms with Gasteiger partial charge in [-0.3, -0.25) is 10.1 Å². The van der Waals surface area contributed by atoms with Crippen LogP contribution in [0.5, 0.6) is 5.75 Å². The molecule has 0 radical (unpaired) electrons.